The lowest BCUT2D eigenvalue weighted by Crippen LogP contribution is -2.41. The van der Waals surface area contributed by atoms with Gasteiger partial charge >= 0.3 is 5.97 Å². The number of piperidine rings is 1. The predicted octanol–water partition coefficient (Wildman–Crippen LogP) is 1.44. The van der Waals surface area contributed by atoms with Crippen LogP contribution in [0.5, 0.6) is 0 Å². The molecule has 1 saturated heterocycles. The van der Waals surface area contributed by atoms with Crippen molar-refractivity contribution in [3.05, 3.63) is 41.7 Å². The van der Waals surface area contributed by atoms with Gasteiger partial charge in [0.15, 0.2) is 0 Å². The van der Waals surface area contributed by atoms with Crippen LogP contribution < -0.4 is 0 Å². The molecule has 0 radical (unpaired) electrons. The molecule has 24 heavy (non-hydrogen) atoms. The maximum absolute atomic E-state index is 12.4. The molecule has 1 fully saturated rings. The number of carboxylic acids is 1. The first-order valence-electron chi connectivity index (χ1n) is 8.03. The summed E-state index contributed by atoms with van der Waals surface area (Å²) in [6, 6.07) is 9.65. The number of nitrogens with zero attached hydrogens (tertiary/aromatic N) is 4. The summed E-state index contributed by atoms with van der Waals surface area (Å²) in [6.07, 6.45) is 1.21. The molecule has 126 valence electrons. The maximum Gasteiger partial charge on any atom is 0.306 e. The number of para-hydroxylation sites is 1. The Morgan fingerprint density at radius 3 is 2.50 bits per heavy atom. The second kappa shape index (κ2) is 6.82. The van der Waals surface area contributed by atoms with E-state index in [1.165, 1.54) is 0 Å². The molecule has 0 aliphatic carbocycles. The summed E-state index contributed by atoms with van der Waals surface area (Å²) in [5.41, 5.74) is 2.41. The Hall–Kier alpha value is -2.70. The lowest BCUT2D eigenvalue weighted by molar-refractivity contribution is -0.145. The number of amides is 1. The SMILES string of the molecule is Cc1c(CC(=O)N2CCC(C(=O)O)CC2)nnn1-c1ccccc1. The number of rotatable bonds is 4. The highest BCUT2D eigenvalue weighted by atomic mass is 16.4. The van der Waals surface area contributed by atoms with Gasteiger partial charge in [-0.15, -0.1) is 5.10 Å². The third-order valence-electron chi connectivity index (χ3n) is 4.51. The minimum atomic E-state index is -0.774. The van der Waals surface area contributed by atoms with Gasteiger partial charge in [0.2, 0.25) is 5.91 Å². The van der Waals surface area contributed by atoms with E-state index in [4.69, 9.17) is 5.11 Å². The third-order valence-corrected chi connectivity index (χ3v) is 4.51. The molecule has 0 saturated carbocycles. The lowest BCUT2D eigenvalue weighted by Gasteiger charge is -2.30. The van der Waals surface area contributed by atoms with Crippen molar-refractivity contribution >= 4 is 11.9 Å². The predicted molar refractivity (Wildman–Crippen MR) is 86.7 cm³/mol. The quantitative estimate of drug-likeness (QED) is 0.917. The fourth-order valence-electron chi connectivity index (χ4n) is 2.97. The molecule has 1 aliphatic rings. The van der Waals surface area contributed by atoms with Crippen molar-refractivity contribution in [3.8, 4) is 5.69 Å². The van der Waals surface area contributed by atoms with Crippen molar-refractivity contribution in [1.82, 2.24) is 19.9 Å². The number of hydrogen-bond acceptors (Lipinski definition) is 4. The van der Waals surface area contributed by atoms with Gasteiger partial charge in [0, 0.05) is 13.1 Å². The Bertz CT molecular complexity index is 734. The Balaban J connectivity index is 1.66. The molecule has 2 heterocycles. The molecule has 1 amide bonds. The van der Waals surface area contributed by atoms with Crippen LogP contribution in [-0.4, -0.2) is 50.0 Å². The van der Waals surface area contributed by atoms with Gasteiger partial charge in [-0.3, -0.25) is 9.59 Å². The first-order chi connectivity index (χ1) is 11.6. The number of carboxylic acid groups (broad SMARTS) is 1. The Labute approximate surface area is 139 Å². The molecule has 0 spiro atoms. The molecule has 0 bridgehead atoms. The number of aliphatic carboxylic acids is 1. The van der Waals surface area contributed by atoms with Crippen LogP contribution in [0, 0.1) is 12.8 Å². The molecule has 7 heteroatoms. The topological polar surface area (TPSA) is 88.3 Å². The minimum absolute atomic E-state index is 0.0259. The van der Waals surface area contributed by atoms with Crippen LogP contribution in [0.3, 0.4) is 0 Å². The average Bonchev–Trinajstić information content (AvgIpc) is 2.96. The molecule has 3 rings (SSSR count). The second-order valence-electron chi connectivity index (χ2n) is 6.04. The largest absolute Gasteiger partial charge is 0.481 e. The number of carbonyl (C=O) groups excluding carboxylic acids is 1. The lowest BCUT2D eigenvalue weighted by atomic mass is 9.97. The first-order valence-corrected chi connectivity index (χ1v) is 8.03. The molecule has 1 aromatic carbocycles. The van der Waals surface area contributed by atoms with E-state index in [2.05, 4.69) is 10.3 Å². The van der Waals surface area contributed by atoms with Gasteiger partial charge in [-0.2, -0.15) is 0 Å². The van der Waals surface area contributed by atoms with Crippen molar-refractivity contribution in [3.63, 3.8) is 0 Å². The fraction of sp³-hybridized carbons (Fsp3) is 0.412. The van der Waals surface area contributed by atoms with Gasteiger partial charge < -0.3 is 10.0 Å². The zero-order valence-electron chi connectivity index (χ0n) is 13.6. The molecule has 1 aliphatic heterocycles. The molecule has 0 atom stereocenters. The third kappa shape index (κ3) is 3.29. The van der Waals surface area contributed by atoms with Crippen LogP contribution >= 0.6 is 0 Å². The van der Waals surface area contributed by atoms with Crippen LogP contribution in [-0.2, 0) is 16.0 Å². The first kappa shape index (κ1) is 16.2. The van der Waals surface area contributed by atoms with E-state index in [1.807, 2.05) is 37.3 Å². The fourth-order valence-corrected chi connectivity index (χ4v) is 2.97. The summed E-state index contributed by atoms with van der Waals surface area (Å²) in [5.74, 6) is -1.14. The van der Waals surface area contributed by atoms with Crippen molar-refractivity contribution in [1.29, 1.82) is 0 Å². The van der Waals surface area contributed by atoms with Gasteiger partial charge in [-0.05, 0) is 31.9 Å². The summed E-state index contributed by atoms with van der Waals surface area (Å²) in [7, 11) is 0. The van der Waals surface area contributed by atoms with Crippen LogP contribution in [0.15, 0.2) is 30.3 Å². The van der Waals surface area contributed by atoms with Crippen molar-refractivity contribution in [2.75, 3.05) is 13.1 Å². The molecule has 1 N–H and O–H groups in total. The van der Waals surface area contributed by atoms with E-state index in [0.29, 0.717) is 31.6 Å². The number of carbonyl (C=O) groups is 2. The molecule has 2 aromatic rings. The number of aromatic nitrogens is 3. The summed E-state index contributed by atoms with van der Waals surface area (Å²) in [4.78, 5) is 25.1. The van der Waals surface area contributed by atoms with Gasteiger partial charge in [-0.1, -0.05) is 23.4 Å². The second-order valence-corrected chi connectivity index (χ2v) is 6.04. The highest BCUT2D eigenvalue weighted by molar-refractivity contribution is 5.79. The molecule has 1 aromatic heterocycles. The van der Waals surface area contributed by atoms with Crippen molar-refractivity contribution < 1.29 is 14.7 Å². The number of benzene rings is 1. The minimum Gasteiger partial charge on any atom is -0.481 e. The van der Waals surface area contributed by atoms with Crippen molar-refractivity contribution in [2.24, 2.45) is 5.92 Å². The smallest absolute Gasteiger partial charge is 0.306 e. The Morgan fingerprint density at radius 1 is 1.21 bits per heavy atom. The normalized spacial score (nSPS) is 15.5. The molecule has 7 nitrogen and oxygen atoms in total. The molecular weight excluding hydrogens is 308 g/mol. The van der Waals surface area contributed by atoms with Gasteiger partial charge in [0.05, 0.1) is 29.4 Å². The van der Waals surface area contributed by atoms with Gasteiger partial charge in [0.1, 0.15) is 0 Å². The van der Waals surface area contributed by atoms with Crippen LogP contribution in [0.1, 0.15) is 24.2 Å². The standard InChI is InChI=1S/C17H20N4O3/c1-12-15(18-19-21(12)14-5-3-2-4-6-14)11-16(22)20-9-7-13(8-10-20)17(23)24/h2-6,13H,7-11H2,1H3,(H,23,24). The summed E-state index contributed by atoms with van der Waals surface area (Å²) in [6.45, 7) is 2.87. The Kier molecular flexibility index (Phi) is 4.59. The molecule has 0 unspecified atom stereocenters. The molecular formula is C17H20N4O3. The van der Waals surface area contributed by atoms with Gasteiger partial charge in [-0.25, -0.2) is 4.68 Å². The average molecular weight is 328 g/mol. The van der Waals surface area contributed by atoms with E-state index in [9.17, 15) is 9.59 Å². The zero-order valence-corrected chi connectivity index (χ0v) is 13.6. The van der Waals surface area contributed by atoms with E-state index in [1.54, 1.807) is 9.58 Å². The summed E-state index contributed by atoms with van der Waals surface area (Å²) < 4.78 is 1.72. The van der Waals surface area contributed by atoms with Gasteiger partial charge in [0.25, 0.3) is 0 Å². The maximum atomic E-state index is 12.4. The van der Waals surface area contributed by atoms with Crippen LogP contribution in [0.4, 0.5) is 0 Å². The highest BCUT2D eigenvalue weighted by Crippen LogP contribution is 2.19. The van der Waals surface area contributed by atoms with Crippen LogP contribution in [0.2, 0.25) is 0 Å². The number of hydrogen-bond donors (Lipinski definition) is 1. The Morgan fingerprint density at radius 2 is 1.88 bits per heavy atom. The highest BCUT2D eigenvalue weighted by Gasteiger charge is 2.27. The zero-order chi connectivity index (χ0) is 17.1. The summed E-state index contributed by atoms with van der Waals surface area (Å²) in [5, 5.41) is 17.3. The van der Waals surface area contributed by atoms with Crippen molar-refractivity contribution in [2.45, 2.75) is 26.2 Å². The summed E-state index contributed by atoms with van der Waals surface area (Å²) >= 11 is 0. The van der Waals surface area contributed by atoms with Crippen LogP contribution in [0.25, 0.3) is 5.69 Å². The monoisotopic (exact) mass is 328 g/mol. The van der Waals surface area contributed by atoms with E-state index in [-0.39, 0.29) is 18.2 Å². The number of likely N-dealkylation sites (tertiary alicyclic amines) is 1. The van der Waals surface area contributed by atoms with E-state index < -0.39 is 5.97 Å². The van der Waals surface area contributed by atoms with E-state index >= 15 is 0 Å². The van der Waals surface area contributed by atoms with E-state index in [0.717, 1.165) is 11.4 Å².